The molecule has 1 rings (SSSR count). The molecule has 0 saturated heterocycles. The van der Waals surface area contributed by atoms with Crippen molar-refractivity contribution in [2.75, 3.05) is 7.05 Å². The van der Waals surface area contributed by atoms with E-state index in [9.17, 15) is 18.8 Å². The summed E-state index contributed by atoms with van der Waals surface area (Å²) in [6, 6.07) is 9.12. The maximum atomic E-state index is 14.3. The average Bonchev–Trinajstić information content (AvgIpc) is 2.62. The van der Waals surface area contributed by atoms with Gasteiger partial charge in [0.25, 0.3) is 0 Å². The van der Waals surface area contributed by atoms with E-state index in [4.69, 9.17) is 14.2 Å². The summed E-state index contributed by atoms with van der Waals surface area (Å²) in [6.45, 7) is 8.90. The van der Waals surface area contributed by atoms with Crippen molar-refractivity contribution in [2.45, 2.75) is 78.0 Å². The highest BCUT2D eigenvalue weighted by Gasteiger charge is 2.37. The van der Waals surface area contributed by atoms with Crippen molar-refractivity contribution in [3.05, 3.63) is 35.9 Å². The number of esters is 2. The molecule has 0 heterocycles. The number of hydrogen-bond donors (Lipinski definition) is 0. The minimum absolute atomic E-state index is 0.0232. The third-order valence-electron chi connectivity index (χ3n) is 3.83. The highest BCUT2D eigenvalue weighted by molar-refractivity contribution is 5.84. The van der Waals surface area contributed by atoms with Gasteiger partial charge in [-0.1, -0.05) is 12.1 Å². The summed E-state index contributed by atoms with van der Waals surface area (Å²) >= 11 is 0. The van der Waals surface area contributed by atoms with E-state index in [1.54, 1.807) is 39.0 Å². The molecule has 0 saturated carbocycles. The molecule has 0 aliphatic carbocycles. The normalized spacial score (nSPS) is 13.5. The third-order valence-corrected chi connectivity index (χ3v) is 3.83. The average molecular weight is 423 g/mol. The van der Waals surface area contributed by atoms with Crippen molar-refractivity contribution in [3.8, 4) is 0 Å². The number of likely N-dealkylation sites (N-methyl/N-ethyl adjacent to an activating group) is 1. The summed E-state index contributed by atoms with van der Waals surface area (Å²) < 4.78 is 29.8. The molecule has 0 bridgehead atoms. The predicted molar refractivity (Wildman–Crippen MR) is 107 cm³/mol. The van der Waals surface area contributed by atoms with Gasteiger partial charge < -0.3 is 14.2 Å². The van der Waals surface area contributed by atoms with E-state index in [1.807, 2.05) is 0 Å². The van der Waals surface area contributed by atoms with Crippen LogP contribution in [0.25, 0.3) is 0 Å². The van der Waals surface area contributed by atoms with E-state index < -0.39 is 41.4 Å². The lowest BCUT2D eigenvalue weighted by molar-refractivity contribution is -0.170. The van der Waals surface area contributed by atoms with E-state index in [-0.39, 0.29) is 13.0 Å². The van der Waals surface area contributed by atoms with Crippen LogP contribution in [0.2, 0.25) is 0 Å². The molecule has 0 spiro atoms. The van der Waals surface area contributed by atoms with Gasteiger partial charge in [-0.05, 0) is 65.3 Å². The van der Waals surface area contributed by atoms with Crippen molar-refractivity contribution in [1.82, 2.24) is 4.90 Å². The third kappa shape index (κ3) is 9.12. The number of amides is 1. The lowest BCUT2D eigenvalue weighted by atomic mass is 10.00. The number of nitrogens with zero attached hydrogens (tertiary/aromatic N) is 1. The van der Waals surface area contributed by atoms with Crippen LogP contribution in [0.3, 0.4) is 0 Å². The summed E-state index contributed by atoms with van der Waals surface area (Å²) in [7, 11) is 1.32. The van der Waals surface area contributed by atoms with Crippen molar-refractivity contribution in [3.63, 3.8) is 0 Å². The largest absolute Gasteiger partial charge is 0.458 e. The van der Waals surface area contributed by atoms with E-state index in [1.165, 1.54) is 27.8 Å². The molecule has 2 atom stereocenters. The second kappa shape index (κ2) is 10.3. The monoisotopic (exact) mass is 423 g/mol. The summed E-state index contributed by atoms with van der Waals surface area (Å²) in [6.07, 6.45) is -2.38. The molecule has 166 valence electrons. The van der Waals surface area contributed by atoms with Crippen LogP contribution in [-0.2, 0) is 30.4 Å². The molecule has 7 nitrogen and oxygen atoms in total. The zero-order valence-electron chi connectivity index (χ0n) is 18.6. The fraction of sp³-hybridized carbons (Fsp3) is 0.591. The number of hydrogen-bond acceptors (Lipinski definition) is 6. The molecule has 0 aliphatic heterocycles. The summed E-state index contributed by atoms with van der Waals surface area (Å²) in [5.74, 6) is -1.70. The fourth-order valence-corrected chi connectivity index (χ4v) is 2.34. The number of rotatable bonds is 8. The first-order valence-electron chi connectivity index (χ1n) is 9.58. The van der Waals surface area contributed by atoms with Crippen LogP contribution in [0.5, 0.6) is 0 Å². The Kier molecular flexibility index (Phi) is 8.64. The molecular weight excluding hydrogens is 393 g/mol. The number of halogens is 1. The van der Waals surface area contributed by atoms with Crippen molar-refractivity contribution >= 4 is 18.0 Å². The van der Waals surface area contributed by atoms with Gasteiger partial charge in [-0.3, -0.25) is 4.90 Å². The van der Waals surface area contributed by atoms with Gasteiger partial charge in [0.15, 0.2) is 6.10 Å². The van der Waals surface area contributed by atoms with Crippen LogP contribution in [0.15, 0.2) is 18.2 Å². The van der Waals surface area contributed by atoms with E-state index >= 15 is 0 Å². The minimum Gasteiger partial charge on any atom is -0.458 e. The maximum absolute atomic E-state index is 14.3. The topological polar surface area (TPSA) is 82.1 Å². The predicted octanol–water partition coefficient (Wildman–Crippen LogP) is 3.64. The second-order valence-electron chi connectivity index (χ2n) is 8.56. The van der Waals surface area contributed by atoms with Gasteiger partial charge >= 0.3 is 18.0 Å². The standard InChI is InChI=1S/C22H30FNO6/c1-15(18(25)28-14-16-11-9-8-10-12-16)29-19(26)17(13-22(5,6)23)24(7)20(27)30-21(2,3)4/h9,11-12,15,17H,13-14H2,1-7H3/t15-,17+/m1/s1. The van der Waals surface area contributed by atoms with Crippen molar-refractivity contribution in [2.24, 2.45) is 0 Å². The van der Waals surface area contributed by atoms with E-state index in [2.05, 4.69) is 12.1 Å². The summed E-state index contributed by atoms with van der Waals surface area (Å²) in [4.78, 5) is 38.1. The van der Waals surface area contributed by atoms with Crippen molar-refractivity contribution in [1.29, 1.82) is 0 Å². The smallest absolute Gasteiger partial charge is 0.410 e. The molecule has 0 fully saturated rings. The molecule has 0 radical (unpaired) electrons. The van der Waals surface area contributed by atoms with E-state index in [0.29, 0.717) is 5.56 Å². The molecule has 1 aromatic rings. The molecule has 0 unspecified atom stereocenters. The first kappa shape index (κ1) is 25.2. The van der Waals surface area contributed by atoms with Crippen LogP contribution < -0.4 is 0 Å². The van der Waals surface area contributed by atoms with Gasteiger partial charge in [0.2, 0.25) is 0 Å². The first-order chi connectivity index (χ1) is 13.7. The maximum Gasteiger partial charge on any atom is 0.410 e. The molecule has 30 heavy (non-hydrogen) atoms. The van der Waals surface area contributed by atoms with Gasteiger partial charge in [-0.15, -0.1) is 0 Å². The lowest BCUT2D eigenvalue weighted by Crippen LogP contribution is -2.49. The number of alkyl halides is 1. The Morgan fingerprint density at radius 1 is 1.13 bits per heavy atom. The Morgan fingerprint density at radius 3 is 2.27 bits per heavy atom. The van der Waals surface area contributed by atoms with Crippen LogP contribution >= 0.6 is 0 Å². The van der Waals surface area contributed by atoms with Crippen LogP contribution in [0.1, 0.15) is 53.5 Å². The Labute approximate surface area is 177 Å². The lowest BCUT2D eigenvalue weighted by Gasteiger charge is -2.32. The van der Waals surface area contributed by atoms with Crippen LogP contribution in [0, 0.1) is 12.1 Å². The van der Waals surface area contributed by atoms with Gasteiger partial charge in [0, 0.05) is 13.5 Å². The summed E-state index contributed by atoms with van der Waals surface area (Å²) in [5, 5.41) is 0. The zero-order chi connectivity index (χ0) is 23.1. The Hall–Kier alpha value is -2.82. The Balaban J connectivity index is 2.80. The molecule has 1 amide bonds. The van der Waals surface area contributed by atoms with Gasteiger partial charge in [0.1, 0.15) is 23.9 Å². The van der Waals surface area contributed by atoms with Crippen LogP contribution in [-0.4, -0.2) is 53.4 Å². The molecule has 8 heteroatoms. The van der Waals surface area contributed by atoms with Gasteiger partial charge in [-0.2, -0.15) is 0 Å². The Bertz CT molecular complexity index is 723. The SMILES string of the molecule is C[C@@H](OC(=O)[C@H](CC(C)(C)F)N(C)C(=O)OC(C)(C)C)C(=O)OCc1cc#ccc1. The number of ether oxygens (including phenoxy) is 3. The number of carbonyl (C=O) groups excluding carboxylic acids is 3. The molecular formula is C22H30FNO6. The molecule has 0 aromatic heterocycles. The van der Waals surface area contributed by atoms with Gasteiger partial charge in [0.05, 0.1) is 0 Å². The zero-order valence-corrected chi connectivity index (χ0v) is 18.6. The summed E-state index contributed by atoms with van der Waals surface area (Å²) in [5.41, 5.74) is -1.87. The Morgan fingerprint density at radius 2 is 1.77 bits per heavy atom. The quantitative estimate of drug-likeness (QED) is 0.469. The highest BCUT2D eigenvalue weighted by atomic mass is 19.1. The molecule has 0 aliphatic rings. The van der Waals surface area contributed by atoms with Crippen LogP contribution in [0.4, 0.5) is 9.18 Å². The van der Waals surface area contributed by atoms with Crippen molar-refractivity contribution < 1.29 is 33.0 Å². The second-order valence-corrected chi connectivity index (χ2v) is 8.56. The first-order valence-corrected chi connectivity index (χ1v) is 9.58. The molecule has 0 N–H and O–H groups in total. The number of carbonyl (C=O) groups is 3. The minimum atomic E-state index is -1.77. The highest BCUT2D eigenvalue weighted by Crippen LogP contribution is 2.22. The van der Waals surface area contributed by atoms with E-state index in [0.717, 1.165) is 4.90 Å². The van der Waals surface area contributed by atoms with Gasteiger partial charge in [-0.25, -0.2) is 18.8 Å². The fourth-order valence-electron chi connectivity index (χ4n) is 2.34. The molecule has 1 aromatic carbocycles.